The van der Waals surface area contributed by atoms with Crippen LogP contribution in [0.2, 0.25) is 5.02 Å². The van der Waals surface area contributed by atoms with E-state index >= 15 is 0 Å². The molecule has 1 aliphatic carbocycles. The van der Waals surface area contributed by atoms with Gasteiger partial charge >= 0.3 is 0 Å². The topological polar surface area (TPSA) is 56.3 Å². The fraction of sp³-hybridized carbons (Fsp3) is 0.607. The van der Waals surface area contributed by atoms with Gasteiger partial charge in [0, 0.05) is 29.6 Å². The summed E-state index contributed by atoms with van der Waals surface area (Å²) in [6.07, 6.45) is 10.9. The lowest BCUT2D eigenvalue weighted by Crippen LogP contribution is -2.14. The van der Waals surface area contributed by atoms with Crippen molar-refractivity contribution in [2.75, 3.05) is 12.9 Å². The van der Waals surface area contributed by atoms with Crippen molar-refractivity contribution >= 4 is 21.4 Å². The van der Waals surface area contributed by atoms with E-state index in [0.717, 1.165) is 18.7 Å². The van der Waals surface area contributed by atoms with Crippen molar-refractivity contribution in [3.8, 4) is 0 Å². The first-order chi connectivity index (χ1) is 16.6. The van der Waals surface area contributed by atoms with Gasteiger partial charge in [0.25, 0.3) is 0 Å². The van der Waals surface area contributed by atoms with Gasteiger partial charge in [0.05, 0.1) is 23.1 Å². The number of rotatable bonds is 14. The number of aryl methyl sites for hydroxylation is 1. The second-order valence-corrected chi connectivity index (χ2v) is 12.6. The van der Waals surface area contributed by atoms with E-state index in [1.54, 1.807) is 6.20 Å². The van der Waals surface area contributed by atoms with Gasteiger partial charge in [-0.25, -0.2) is 12.8 Å². The van der Waals surface area contributed by atoms with Gasteiger partial charge in [0.15, 0.2) is 9.84 Å². The molecule has 4 nitrogen and oxygen atoms in total. The number of halogens is 2. The normalized spacial score (nSPS) is 19.5. The molecule has 0 bridgehead atoms. The van der Waals surface area contributed by atoms with Crippen LogP contribution in [0.1, 0.15) is 82.0 Å². The summed E-state index contributed by atoms with van der Waals surface area (Å²) in [6, 6.07) is 6.08. The third-order valence-corrected chi connectivity index (χ3v) is 8.72. The summed E-state index contributed by atoms with van der Waals surface area (Å²) in [5.41, 5.74) is 2.85. The van der Waals surface area contributed by atoms with Crippen LogP contribution in [0.25, 0.3) is 0 Å². The summed E-state index contributed by atoms with van der Waals surface area (Å²) < 4.78 is 43.1. The Morgan fingerprint density at radius 3 is 2.60 bits per heavy atom. The molecule has 4 unspecified atom stereocenters. The van der Waals surface area contributed by atoms with E-state index in [4.69, 9.17) is 21.3 Å². The first kappa shape index (κ1) is 28.1. The highest BCUT2D eigenvalue weighted by Crippen LogP contribution is 2.43. The fourth-order valence-electron chi connectivity index (χ4n) is 5.13. The van der Waals surface area contributed by atoms with Crippen LogP contribution >= 0.6 is 11.6 Å². The van der Waals surface area contributed by atoms with Crippen LogP contribution in [0.4, 0.5) is 4.39 Å². The number of nitrogens with zero attached hydrogens (tertiary/aromatic N) is 1. The number of aromatic nitrogens is 1. The van der Waals surface area contributed by atoms with Gasteiger partial charge in [0.2, 0.25) is 0 Å². The zero-order valence-electron chi connectivity index (χ0n) is 21.4. The minimum Gasteiger partial charge on any atom is -0.376 e. The zero-order chi connectivity index (χ0) is 25.6. The maximum atomic E-state index is 14.2. The second kappa shape index (κ2) is 12.6. The number of benzene rings is 1. The molecule has 1 aromatic heterocycles. The molecule has 35 heavy (non-hydrogen) atoms. The first-order valence-corrected chi connectivity index (χ1v) is 15.1. The van der Waals surface area contributed by atoms with Crippen LogP contribution in [0.3, 0.4) is 0 Å². The maximum absolute atomic E-state index is 14.2. The van der Waals surface area contributed by atoms with Gasteiger partial charge in [-0.05, 0) is 60.8 Å². The molecule has 1 saturated carbocycles. The van der Waals surface area contributed by atoms with E-state index in [9.17, 15) is 12.8 Å². The number of sulfone groups is 1. The Bertz CT molecular complexity index is 1090. The van der Waals surface area contributed by atoms with E-state index in [1.165, 1.54) is 61.9 Å². The van der Waals surface area contributed by atoms with Crippen molar-refractivity contribution in [2.24, 2.45) is 17.8 Å². The number of pyridine rings is 1. The maximum Gasteiger partial charge on any atom is 0.175 e. The van der Waals surface area contributed by atoms with Crippen LogP contribution < -0.4 is 0 Å². The Labute approximate surface area is 215 Å². The molecule has 0 N–H and O–H groups in total. The van der Waals surface area contributed by atoms with E-state index in [2.05, 4.69) is 26.8 Å². The molecule has 0 amide bonds. The second-order valence-electron chi connectivity index (χ2n) is 10.1. The summed E-state index contributed by atoms with van der Waals surface area (Å²) in [5.74, 6) is 1.73. The highest BCUT2D eigenvalue weighted by Gasteiger charge is 2.36. The van der Waals surface area contributed by atoms with E-state index in [1.807, 2.05) is 0 Å². The van der Waals surface area contributed by atoms with Gasteiger partial charge < -0.3 is 4.74 Å². The summed E-state index contributed by atoms with van der Waals surface area (Å²) in [7, 11) is -3.41. The molecule has 4 atom stereocenters. The third kappa shape index (κ3) is 7.99. The van der Waals surface area contributed by atoms with Crippen LogP contribution in [0.5, 0.6) is 0 Å². The molecule has 0 spiro atoms. The van der Waals surface area contributed by atoms with Gasteiger partial charge in [-0.3, -0.25) is 4.98 Å². The van der Waals surface area contributed by atoms with Crippen molar-refractivity contribution in [1.29, 1.82) is 0 Å². The molecule has 1 heterocycles. The van der Waals surface area contributed by atoms with Crippen molar-refractivity contribution in [3.63, 3.8) is 0 Å². The fourth-order valence-corrected chi connectivity index (χ4v) is 5.94. The lowest BCUT2D eigenvalue weighted by Gasteiger charge is -2.25. The minimum absolute atomic E-state index is 0.00513. The largest absolute Gasteiger partial charge is 0.376 e. The lowest BCUT2D eigenvalue weighted by atomic mass is 9.81. The Hall–Kier alpha value is -1.50. The number of hydrogen-bond acceptors (Lipinski definition) is 4. The van der Waals surface area contributed by atoms with Gasteiger partial charge in [-0.1, -0.05) is 64.1 Å². The SMILES string of the molecule is CCCC(CCCC1CC1COCc1ccc(S(C)(=O)=O)cc1F)C(C)c1ncc(Cl)cc1CC. The Morgan fingerprint density at radius 1 is 1.17 bits per heavy atom. The monoisotopic (exact) mass is 523 g/mol. The molecule has 0 radical (unpaired) electrons. The minimum atomic E-state index is -3.41. The molecule has 0 aliphatic heterocycles. The molecule has 0 saturated heterocycles. The smallest absolute Gasteiger partial charge is 0.175 e. The van der Waals surface area contributed by atoms with Crippen molar-refractivity contribution in [3.05, 3.63) is 58.1 Å². The number of ether oxygens (including phenoxy) is 1. The average Bonchev–Trinajstić information content (AvgIpc) is 3.56. The Kier molecular flexibility index (Phi) is 10.1. The average molecular weight is 524 g/mol. The molecule has 7 heteroatoms. The van der Waals surface area contributed by atoms with Gasteiger partial charge in [0.1, 0.15) is 5.82 Å². The quantitative estimate of drug-likeness (QED) is 0.259. The zero-order valence-corrected chi connectivity index (χ0v) is 23.0. The Balaban J connectivity index is 1.42. The van der Waals surface area contributed by atoms with E-state index < -0.39 is 15.7 Å². The van der Waals surface area contributed by atoms with Crippen molar-refractivity contribution in [1.82, 2.24) is 4.98 Å². The summed E-state index contributed by atoms with van der Waals surface area (Å²) in [6.45, 7) is 7.52. The third-order valence-electron chi connectivity index (χ3n) is 7.41. The standard InChI is InChI=1S/C28H39ClFNO3S/c1-5-8-21(19(3)28-20(6-2)14-25(29)16-31-28)9-7-10-22-13-24(22)18-34-17-23-11-12-26(15-27(23)30)35(4,32)33/h11-12,14-16,19,21-22,24H,5-10,13,17-18H2,1-4H3. The molecule has 194 valence electrons. The summed E-state index contributed by atoms with van der Waals surface area (Å²) >= 11 is 6.17. The predicted octanol–water partition coefficient (Wildman–Crippen LogP) is 7.38. The van der Waals surface area contributed by atoms with Gasteiger partial charge in [-0.15, -0.1) is 0 Å². The highest BCUT2D eigenvalue weighted by atomic mass is 35.5. The number of hydrogen-bond donors (Lipinski definition) is 0. The van der Waals surface area contributed by atoms with Crippen LogP contribution in [-0.2, 0) is 27.6 Å². The van der Waals surface area contributed by atoms with E-state index in [-0.39, 0.29) is 11.5 Å². The van der Waals surface area contributed by atoms with Crippen LogP contribution in [-0.4, -0.2) is 26.3 Å². The van der Waals surface area contributed by atoms with Crippen LogP contribution in [0, 0.1) is 23.6 Å². The van der Waals surface area contributed by atoms with Crippen molar-refractivity contribution < 1.29 is 17.5 Å². The van der Waals surface area contributed by atoms with E-state index in [0.29, 0.717) is 40.9 Å². The molecule has 2 aromatic rings. The van der Waals surface area contributed by atoms with Gasteiger partial charge in [-0.2, -0.15) is 0 Å². The predicted molar refractivity (Wildman–Crippen MR) is 140 cm³/mol. The molecule has 1 aliphatic rings. The Morgan fingerprint density at radius 2 is 1.94 bits per heavy atom. The molecule has 1 fully saturated rings. The summed E-state index contributed by atoms with van der Waals surface area (Å²) in [5, 5.41) is 0.709. The highest BCUT2D eigenvalue weighted by molar-refractivity contribution is 7.90. The lowest BCUT2D eigenvalue weighted by molar-refractivity contribution is 0.105. The molecular weight excluding hydrogens is 485 g/mol. The van der Waals surface area contributed by atoms with Crippen molar-refractivity contribution in [2.45, 2.75) is 83.1 Å². The summed E-state index contributed by atoms with van der Waals surface area (Å²) in [4.78, 5) is 4.69. The molecule has 1 aromatic carbocycles. The van der Waals surface area contributed by atoms with Crippen LogP contribution in [0.15, 0.2) is 35.4 Å². The first-order valence-electron chi connectivity index (χ1n) is 12.8. The molecular formula is C28H39ClFNO3S. The molecule has 3 rings (SSSR count).